The Morgan fingerprint density at radius 1 is 1.28 bits per heavy atom. The Kier molecular flexibility index (Phi) is 6.55. The molecule has 2 aliphatic rings. The van der Waals surface area contributed by atoms with Crippen molar-refractivity contribution in [3.63, 3.8) is 0 Å². The highest BCUT2D eigenvalue weighted by molar-refractivity contribution is 9.10. The normalized spacial score (nSPS) is 21.0. The molecule has 2 aromatic rings. The van der Waals surface area contributed by atoms with Gasteiger partial charge in [0.1, 0.15) is 6.04 Å². The molecule has 0 aliphatic carbocycles. The van der Waals surface area contributed by atoms with Crippen LogP contribution in [-0.2, 0) is 4.79 Å². The molecule has 4 rings (SSSR count). The number of carbonyl (C=O) groups is 2. The summed E-state index contributed by atoms with van der Waals surface area (Å²) >= 11 is 10.1. The highest BCUT2D eigenvalue weighted by Gasteiger charge is 2.31. The fraction of sp³-hybridized carbons (Fsp3) is 0.348. The van der Waals surface area contributed by atoms with Crippen LogP contribution in [0.4, 0.5) is 16.2 Å². The minimum absolute atomic E-state index is 0.140. The van der Waals surface area contributed by atoms with Gasteiger partial charge in [-0.1, -0.05) is 29.8 Å². The van der Waals surface area contributed by atoms with E-state index in [-0.39, 0.29) is 11.9 Å². The number of urea groups is 1. The third-order valence-electron chi connectivity index (χ3n) is 5.78. The van der Waals surface area contributed by atoms with Crippen molar-refractivity contribution in [1.29, 1.82) is 0 Å². The molecule has 1 fully saturated rings. The zero-order valence-electron chi connectivity index (χ0n) is 17.8. The number of likely N-dealkylation sites (N-methyl/N-ethyl adjacent to an activating group) is 1. The van der Waals surface area contributed by atoms with Gasteiger partial charge in [0.15, 0.2) is 0 Å². The lowest BCUT2D eigenvalue weighted by Gasteiger charge is -2.30. The predicted molar refractivity (Wildman–Crippen MR) is 130 cm³/mol. The molecule has 168 valence electrons. The molecule has 3 amide bonds. The standard InChI is InChI=1S/C23H24BrClN4O3/c1-13-22(31)28(2)18-10-9-17(27-23(32)29-11-5-6-14(30)12-29)20(24)19(18)21(26-13)15-7-3-4-8-16(15)25/h3-4,7-10,13-14,30H,5-6,11-12H2,1-2H3,(H,27,32)/t13-,14?/m0/s1. The van der Waals surface area contributed by atoms with Crippen LogP contribution in [-0.4, -0.2) is 59.9 Å². The van der Waals surface area contributed by atoms with Gasteiger partial charge in [0.2, 0.25) is 0 Å². The smallest absolute Gasteiger partial charge is 0.321 e. The van der Waals surface area contributed by atoms with Crippen molar-refractivity contribution in [3.05, 3.63) is 57.0 Å². The number of benzodiazepines with no additional fused rings is 1. The van der Waals surface area contributed by atoms with E-state index in [0.717, 1.165) is 6.42 Å². The molecule has 2 atom stereocenters. The number of nitrogens with one attached hydrogen (secondary N) is 1. The van der Waals surface area contributed by atoms with Crippen molar-refractivity contribution in [2.75, 3.05) is 30.4 Å². The third kappa shape index (κ3) is 4.27. The minimum Gasteiger partial charge on any atom is -0.391 e. The van der Waals surface area contributed by atoms with E-state index in [1.165, 1.54) is 0 Å². The van der Waals surface area contributed by atoms with Crippen LogP contribution >= 0.6 is 27.5 Å². The zero-order valence-corrected chi connectivity index (χ0v) is 20.2. The number of likely N-dealkylation sites (tertiary alicyclic amines) is 1. The molecule has 2 aromatic carbocycles. The van der Waals surface area contributed by atoms with Crippen molar-refractivity contribution in [2.24, 2.45) is 4.99 Å². The topological polar surface area (TPSA) is 85.2 Å². The predicted octanol–water partition coefficient (Wildman–Crippen LogP) is 4.29. The number of aliphatic imine (C=N–C) groups is 1. The number of hydrogen-bond donors (Lipinski definition) is 2. The lowest BCUT2D eigenvalue weighted by molar-refractivity contribution is -0.119. The van der Waals surface area contributed by atoms with Crippen LogP contribution in [0.25, 0.3) is 0 Å². The van der Waals surface area contributed by atoms with Crippen LogP contribution in [0.2, 0.25) is 5.02 Å². The molecular formula is C23H24BrClN4O3. The molecule has 0 bridgehead atoms. The molecular weight excluding hydrogens is 496 g/mol. The number of aliphatic hydroxyl groups is 1. The molecule has 0 aromatic heterocycles. The van der Waals surface area contributed by atoms with Gasteiger partial charge in [-0.2, -0.15) is 0 Å². The number of fused-ring (bicyclic) bond motifs is 1. The summed E-state index contributed by atoms with van der Waals surface area (Å²) in [5.41, 5.74) is 3.16. The van der Waals surface area contributed by atoms with Gasteiger partial charge in [0.25, 0.3) is 5.91 Å². The van der Waals surface area contributed by atoms with Gasteiger partial charge in [0, 0.05) is 36.3 Å². The second-order valence-corrected chi connectivity index (χ2v) is 9.22. The number of anilines is 2. The summed E-state index contributed by atoms with van der Waals surface area (Å²) in [5.74, 6) is -0.140. The summed E-state index contributed by atoms with van der Waals surface area (Å²) in [6.07, 6.45) is 0.946. The van der Waals surface area contributed by atoms with Gasteiger partial charge in [-0.3, -0.25) is 9.79 Å². The van der Waals surface area contributed by atoms with Crippen molar-refractivity contribution < 1.29 is 14.7 Å². The van der Waals surface area contributed by atoms with Crippen LogP contribution in [0.1, 0.15) is 30.9 Å². The maximum absolute atomic E-state index is 12.9. The SMILES string of the molecule is C[C@@H]1N=C(c2ccccc2Cl)c2c(ccc(NC(=O)N3CCCC(O)C3)c2Br)N(C)C1=O. The average Bonchev–Trinajstić information content (AvgIpc) is 2.86. The Hall–Kier alpha value is -2.42. The van der Waals surface area contributed by atoms with Crippen molar-refractivity contribution in [1.82, 2.24) is 4.90 Å². The number of carbonyl (C=O) groups excluding carboxylic acids is 2. The Labute approximate surface area is 200 Å². The van der Waals surface area contributed by atoms with Crippen LogP contribution in [0.3, 0.4) is 0 Å². The number of piperidine rings is 1. The highest BCUT2D eigenvalue weighted by atomic mass is 79.9. The molecule has 32 heavy (non-hydrogen) atoms. The molecule has 9 heteroatoms. The number of nitrogens with zero attached hydrogens (tertiary/aromatic N) is 3. The van der Waals surface area contributed by atoms with Gasteiger partial charge in [-0.05, 0) is 53.9 Å². The second kappa shape index (κ2) is 9.21. The lowest BCUT2D eigenvalue weighted by atomic mass is 9.99. The molecule has 1 saturated heterocycles. The van der Waals surface area contributed by atoms with Gasteiger partial charge in [-0.15, -0.1) is 0 Å². The van der Waals surface area contributed by atoms with E-state index < -0.39 is 12.1 Å². The number of aliphatic hydroxyl groups excluding tert-OH is 1. The van der Waals surface area contributed by atoms with Crippen molar-refractivity contribution in [3.8, 4) is 0 Å². The van der Waals surface area contributed by atoms with Gasteiger partial charge in [0.05, 0.1) is 27.7 Å². The van der Waals surface area contributed by atoms with E-state index >= 15 is 0 Å². The first-order chi connectivity index (χ1) is 15.3. The van der Waals surface area contributed by atoms with E-state index in [0.29, 0.717) is 57.2 Å². The molecule has 7 nitrogen and oxygen atoms in total. The summed E-state index contributed by atoms with van der Waals surface area (Å²) in [7, 11) is 1.71. The monoisotopic (exact) mass is 518 g/mol. The Balaban J connectivity index is 1.79. The fourth-order valence-corrected chi connectivity index (χ4v) is 4.92. The van der Waals surface area contributed by atoms with Crippen molar-refractivity contribution in [2.45, 2.75) is 31.9 Å². The first-order valence-electron chi connectivity index (χ1n) is 10.4. The third-order valence-corrected chi connectivity index (χ3v) is 6.94. The maximum atomic E-state index is 12.9. The summed E-state index contributed by atoms with van der Waals surface area (Å²) in [6.45, 7) is 2.64. The van der Waals surface area contributed by atoms with E-state index in [1.54, 1.807) is 42.0 Å². The Morgan fingerprint density at radius 3 is 2.75 bits per heavy atom. The van der Waals surface area contributed by atoms with E-state index in [4.69, 9.17) is 16.6 Å². The van der Waals surface area contributed by atoms with Gasteiger partial charge in [-0.25, -0.2) is 4.79 Å². The van der Waals surface area contributed by atoms with Crippen LogP contribution in [0.5, 0.6) is 0 Å². The van der Waals surface area contributed by atoms with Gasteiger partial charge >= 0.3 is 6.03 Å². The fourth-order valence-electron chi connectivity index (χ4n) is 4.07. The first-order valence-corrected chi connectivity index (χ1v) is 11.6. The molecule has 0 saturated carbocycles. The summed E-state index contributed by atoms with van der Waals surface area (Å²) < 4.78 is 0.605. The molecule has 0 spiro atoms. The highest BCUT2D eigenvalue weighted by Crippen LogP contribution is 2.39. The van der Waals surface area contributed by atoms with Crippen molar-refractivity contribution >= 4 is 56.6 Å². The number of rotatable bonds is 2. The summed E-state index contributed by atoms with van der Waals surface area (Å²) in [4.78, 5) is 33.6. The largest absolute Gasteiger partial charge is 0.391 e. The van der Waals surface area contributed by atoms with E-state index in [2.05, 4.69) is 21.2 Å². The second-order valence-electron chi connectivity index (χ2n) is 8.02. The van der Waals surface area contributed by atoms with Crippen LogP contribution < -0.4 is 10.2 Å². The molecule has 0 radical (unpaired) electrons. The quantitative estimate of drug-likeness (QED) is 0.621. The summed E-state index contributed by atoms with van der Waals surface area (Å²) in [5, 5.41) is 13.4. The number of benzene rings is 2. The molecule has 2 heterocycles. The minimum atomic E-state index is -0.599. The lowest BCUT2D eigenvalue weighted by Crippen LogP contribution is -2.44. The van der Waals surface area contributed by atoms with Crippen LogP contribution in [0.15, 0.2) is 45.9 Å². The Morgan fingerprint density at radius 2 is 2.03 bits per heavy atom. The average molecular weight is 520 g/mol. The number of β-amino-alcohol motifs (C(OH)–C–C–N with tert-alkyl or cyclic N) is 1. The molecule has 2 N–H and O–H groups in total. The molecule has 1 unspecified atom stereocenters. The summed E-state index contributed by atoms with van der Waals surface area (Å²) in [6, 6.07) is 10.0. The van der Waals surface area contributed by atoms with E-state index in [9.17, 15) is 14.7 Å². The number of hydrogen-bond acceptors (Lipinski definition) is 4. The van der Waals surface area contributed by atoms with Gasteiger partial charge < -0.3 is 20.2 Å². The van der Waals surface area contributed by atoms with E-state index in [1.807, 2.05) is 18.2 Å². The first kappa shape index (κ1) is 22.8. The zero-order chi connectivity index (χ0) is 23.0. The number of amides is 3. The Bertz CT molecular complexity index is 1110. The van der Waals surface area contributed by atoms with Crippen LogP contribution in [0, 0.1) is 0 Å². The molecule has 2 aliphatic heterocycles. The number of halogens is 2. The maximum Gasteiger partial charge on any atom is 0.321 e.